The molecular formula is C10H21NO. The lowest BCUT2D eigenvalue weighted by Crippen LogP contribution is -2.24. The summed E-state index contributed by atoms with van der Waals surface area (Å²) in [6, 6.07) is 0.620. The highest BCUT2D eigenvalue weighted by atomic mass is 16.5. The third kappa shape index (κ3) is 4.07. The van der Waals surface area contributed by atoms with Gasteiger partial charge in [0, 0.05) is 12.6 Å². The molecule has 1 fully saturated rings. The molecule has 0 radical (unpaired) electrons. The zero-order valence-corrected chi connectivity index (χ0v) is 8.31. The molecule has 1 N–H and O–H groups in total. The van der Waals surface area contributed by atoms with E-state index in [0.29, 0.717) is 12.1 Å². The van der Waals surface area contributed by atoms with Gasteiger partial charge in [-0.05, 0) is 32.2 Å². The fourth-order valence-corrected chi connectivity index (χ4v) is 1.59. The number of nitrogens with one attached hydrogen (secondary N) is 1. The zero-order chi connectivity index (χ0) is 8.81. The minimum absolute atomic E-state index is 0.568. The second kappa shape index (κ2) is 5.55. The summed E-state index contributed by atoms with van der Waals surface area (Å²) >= 11 is 0. The lowest BCUT2D eigenvalue weighted by atomic mass is 10.1. The van der Waals surface area contributed by atoms with Gasteiger partial charge in [0.2, 0.25) is 0 Å². The van der Waals surface area contributed by atoms with Gasteiger partial charge >= 0.3 is 0 Å². The van der Waals surface area contributed by atoms with Crippen LogP contribution in [0.2, 0.25) is 0 Å². The van der Waals surface area contributed by atoms with Crippen molar-refractivity contribution in [2.45, 2.75) is 51.7 Å². The van der Waals surface area contributed by atoms with Crippen LogP contribution in [-0.4, -0.2) is 25.3 Å². The number of ether oxygens (including phenoxy) is 1. The quantitative estimate of drug-likeness (QED) is 0.638. The second-order valence-corrected chi connectivity index (χ2v) is 3.89. The van der Waals surface area contributed by atoms with Gasteiger partial charge in [0.15, 0.2) is 0 Å². The molecule has 1 aliphatic rings. The highest BCUT2D eigenvalue weighted by Crippen LogP contribution is 2.16. The molecule has 72 valence electrons. The van der Waals surface area contributed by atoms with Crippen molar-refractivity contribution in [2.75, 3.05) is 13.2 Å². The van der Waals surface area contributed by atoms with Gasteiger partial charge in [0.25, 0.3) is 0 Å². The van der Waals surface area contributed by atoms with Crippen molar-refractivity contribution in [1.29, 1.82) is 0 Å². The van der Waals surface area contributed by atoms with Crippen LogP contribution >= 0.6 is 0 Å². The molecule has 1 unspecified atom stereocenters. The minimum Gasteiger partial charge on any atom is -0.378 e. The first-order valence-electron chi connectivity index (χ1n) is 5.14. The topological polar surface area (TPSA) is 21.3 Å². The second-order valence-electron chi connectivity index (χ2n) is 3.89. The molecule has 0 bridgehead atoms. The Balaban J connectivity index is 1.88. The highest BCUT2D eigenvalue weighted by molar-refractivity contribution is 4.65. The zero-order valence-electron chi connectivity index (χ0n) is 8.31. The van der Waals surface area contributed by atoms with E-state index < -0.39 is 0 Å². The van der Waals surface area contributed by atoms with Crippen LogP contribution in [0.3, 0.4) is 0 Å². The van der Waals surface area contributed by atoms with E-state index in [9.17, 15) is 0 Å². The Kier molecular flexibility index (Phi) is 4.62. The van der Waals surface area contributed by atoms with Crippen molar-refractivity contribution >= 4 is 0 Å². The third-order valence-corrected chi connectivity index (χ3v) is 2.28. The van der Waals surface area contributed by atoms with Gasteiger partial charge in [0.05, 0.1) is 6.10 Å². The molecule has 0 amide bonds. The van der Waals surface area contributed by atoms with Gasteiger partial charge in [-0.3, -0.25) is 0 Å². The molecule has 0 aliphatic carbocycles. The summed E-state index contributed by atoms with van der Waals surface area (Å²) in [5.41, 5.74) is 0. The van der Waals surface area contributed by atoms with Crippen molar-refractivity contribution in [3.63, 3.8) is 0 Å². The van der Waals surface area contributed by atoms with E-state index in [1.54, 1.807) is 0 Å². The van der Waals surface area contributed by atoms with E-state index in [1.807, 2.05) is 0 Å². The molecule has 1 rings (SSSR count). The van der Waals surface area contributed by atoms with Gasteiger partial charge in [-0.2, -0.15) is 0 Å². The van der Waals surface area contributed by atoms with Crippen LogP contribution in [0.5, 0.6) is 0 Å². The van der Waals surface area contributed by atoms with Gasteiger partial charge in [-0.1, -0.05) is 13.8 Å². The normalized spacial score (nSPS) is 23.8. The SMILES string of the molecule is CC(C)NCCCC1CCCO1. The molecule has 12 heavy (non-hydrogen) atoms. The van der Waals surface area contributed by atoms with Crippen LogP contribution in [0.1, 0.15) is 39.5 Å². The summed E-state index contributed by atoms with van der Waals surface area (Å²) in [6.07, 6.45) is 5.60. The van der Waals surface area contributed by atoms with Gasteiger partial charge in [-0.25, -0.2) is 0 Å². The Morgan fingerprint density at radius 2 is 2.33 bits per heavy atom. The smallest absolute Gasteiger partial charge is 0.0576 e. The molecule has 1 atom stereocenters. The van der Waals surface area contributed by atoms with Crippen molar-refractivity contribution in [3.8, 4) is 0 Å². The van der Waals surface area contributed by atoms with Crippen molar-refractivity contribution in [2.24, 2.45) is 0 Å². The maximum absolute atomic E-state index is 5.53. The molecule has 1 saturated heterocycles. The maximum Gasteiger partial charge on any atom is 0.0576 e. The summed E-state index contributed by atoms with van der Waals surface area (Å²) in [6.45, 7) is 6.50. The van der Waals surface area contributed by atoms with E-state index >= 15 is 0 Å². The summed E-state index contributed by atoms with van der Waals surface area (Å²) in [7, 11) is 0. The van der Waals surface area contributed by atoms with Crippen molar-refractivity contribution in [3.05, 3.63) is 0 Å². The first-order chi connectivity index (χ1) is 5.79. The Hall–Kier alpha value is -0.0800. The van der Waals surface area contributed by atoms with Crippen LogP contribution in [0.25, 0.3) is 0 Å². The molecule has 0 aromatic heterocycles. The maximum atomic E-state index is 5.53. The molecule has 1 heterocycles. The van der Waals surface area contributed by atoms with Crippen LogP contribution in [-0.2, 0) is 4.74 Å². The molecule has 0 spiro atoms. The van der Waals surface area contributed by atoms with Crippen LogP contribution in [0.4, 0.5) is 0 Å². The first kappa shape index (κ1) is 10.0. The van der Waals surface area contributed by atoms with Crippen LogP contribution in [0.15, 0.2) is 0 Å². The number of hydrogen-bond acceptors (Lipinski definition) is 2. The predicted octanol–water partition coefficient (Wildman–Crippen LogP) is 1.94. The average molecular weight is 171 g/mol. The molecule has 2 nitrogen and oxygen atoms in total. The fraction of sp³-hybridized carbons (Fsp3) is 1.00. The summed E-state index contributed by atoms with van der Waals surface area (Å²) in [4.78, 5) is 0. The van der Waals surface area contributed by atoms with E-state index in [0.717, 1.165) is 13.2 Å². The Morgan fingerprint density at radius 3 is 2.92 bits per heavy atom. The molecule has 0 aromatic carbocycles. The van der Waals surface area contributed by atoms with Crippen LogP contribution in [0, 0.1) is 0 Å². The highest BCUT2D eigenvalue weighted by Gasteiger charge is 2.14. The van der Waals surface area contributed by atoms with Crippen LogP contribution < -0.4 is 5.32 Å². The van der Waals surface area contributed by atoms with E-state index in [1.165, 1.54) is 25.7 Å². The Morgan fingerprint density at radius 1 is 1.50 bits per heavy atom. The van der Waals surface area contributed by atoms with Gasteiger partial charge in [-0.15, -0.1) is 0 Å². The molecule has 1 aliphatic heterocycles. The van der Waals surface area contributed by atoms with Gasteiger partial charge in [0.1, 0.15) is 0 Å². The monoisotopic (exact) mass is 171 g/mol. The van der Waals surface area contributed by atoms with E-state index in [-0.39, 0.29) is 0 Å². The molecule has 0 aromatic rings. The molecular weight excluding hydrogens is 150 g/mol. The fourth-order valence-electron chi connectivity index (χ4n) is 1.59. The minimum atomic E-state index is 0.568. The first-order valence-corrected chi connectivity index (χ1v) is 5.14. The van der Waals surface area contributed by atoms with Crippen molar-refractivity contribution < 1.29 is 4.74 Å². The Bertz CT molecular complexity index is 108. The summed E-state index contributed by atoms with van der Waals surface area (Å²) < 4.78 is 5.53. The number of hydrogen-bond donors (Lipinski definition) is 1. The lowest BCUT2D eigenvalue weighted by molar-refractivity contribution is 0.102. The third-order valence-electron chi connectivity index (χ3n) is 2.28. The lowest BCUT2D eigenvalue weighted by Gasteiger charge is -2.10. The van der Waals surface area contributed by atoms with Crippen molar-refractivity contribution in [1.82, 2.24) is 5.32 Å². The number of rotatable bonds is 5. The summed E-state index contributed by atoms with van der Waals surface area (Å²) in [5, 5.41) is 3.41. The molecule has 2 heteroatoms. The van der Waals surface area contributed by atoms with E-state index in [4.69, 9.17) is 4.74 Å². The van der Waals surface area contributed by atoms with E-state index in [2.05, 4.69) is 19.2 Å². The largest absolute Gasteiger partial charge is 0.378 e. The Labute approximate surface area is 75.7 Å². The molecule has 0 saturated carbocycles. The average Bonchev–Trinajstić information content (AvgIpc) is 2.49. The summed E-state index contributed by atoms with van der Waals surface area (Å²) in [5.74, 6) is 0. The predicted molar refractivity (Wildman–Crippen MR) is 51.3 cm³/mol. The van der Waals surface area contributed by atoms with Gasteiger partial charge < -0.3 is 10.1 Å². The standard InChI is InChI=1S/C10H21NO/c1-9(2)11-7-3-5-10-6-4-8-12-10/h9-11H,3-8H2,1-2H3.